The van der Waals surface area contributed by atoms with Crippen molar-refractivity contribution in [3.8, 4) is 66.8 Å². The van der Waals surface area contributed by atoms with Crippen LogP contribution in [0.25, 0.3) is 99.1 Å². The molecule has 0 spiro atoms. The average Bonchev–Trinajstić information content (AvgIpc) is 1.19. The maximum Gasteiger partial charge on any atom is 0.124 e. The van der Waals surface area contributed by atoms with Gasteiger partial charge in [-0.1, -0.05) is 258 Å². The Morgan fingerprint density at radius 3 is 0.919 bits per heavy atom. The van der Waals surface area contributed by atoms with E-state index in [0.29, 0.717) is 0 Å². The van der Waals surface area contributed by atoms with E-state index in [1.54, 1.807) is 24.3 Å². The molecule has 0 fully saturated rings. The van der Waals surface area contributed by atoms with E-state index in [1.165, 1.54) is 33.4 Å². The van der Waals surface area contributed by atoms with Gasteiger partial charge in [-0.2, -0.15) is 0 Å². The van der Waals surface area contributed by atoms with Gasteiger partial charge in [0.1, 0.15) is 11.6 Å². The van der Waals surface area contributed by atoms with Crippen LogP contribution in [0.1, 0.15) is 49.9 Å². The summed E-state index contributed by atoms with van der Waals surface area (Å²) in [6.07, 6.45) is 0. The van der Waals surface area contributed by atoms with Gasteiger partial charge in [0, 0.05) is 55.0 Å². The highest BCUT2D eigenvalue weighted by Gasteiger charge is 2.41. The molecule has 14 aromatic rings. The summed E-state index contributed by atoms with van der Waals surface area (Å²) in [5.41, 5.74) is 21.5. The first-order valence-electron chi connectivity index (χ1n) is 29.7. The van der Waals surface area contributed by atoms with Crippen LogP contribution < -0.4 is 9.80 Å². The van der Waals surface area contributed by atoms with Crippen LogP contribution in [0.3, 0.4) is 0 Å². The number of anilines is 6. The first-order chi connectivity index (χ1) is 42.0. The Kier molecular flexibility index (Phi) is 11.7. The Labute approximate surface area is 500 Å². The third-order valence-electron chi connectivity index (χ3n) is 18.7. The molecule has 2 nitrogen and oxygen atoms in total. The van der Waals surface area contributed by atoms with E-state index in [9.17, 15) is 0 Å². The molecule has 4 heteroatoms. The molecule has 2 aliphatic rings. The van der Waals surface area contributed by atoms with Gasteiger partial charge < -0.3 is 9.80 Å². The number of fused-ring (bicyclic) bond motifs is 6. The van der Waals surface area contributed by atoms with Crippen molar-refractivity contribution in [1.82, 2.24) is 0 Å². The van der Waals surface area contributed by atoms with Crippen molar-refractivity contribution in [2.45, 2.75) is 38.5 Å². The zero-order chi connectivity index (χ0) is 58.0. The second kappa shape index (κ2) is 19.6. The van der Waals surface area contributed by atoms with E-state index >= 15 is 8.78 Å². The second-order valence-electron chi connectivity index (χ2n) is 24.2. The van der Waals surface area contributed by atoms with Gasteiger partial charge in [-0.3, -0.25) is 0 Å². The molecule has 0 saturated heterocycles. The van der Waals surface area contributed by atoms with Crippen molar-refractivity contribution >= 4 is 66.4 Å². The molecule has 410 valence electrons. The second-order valence-corrected chi connectivity index (χ2v) is 24.2. The molecule has 0 atom stereocenters. The van der Waals surface area contributed by atoms with Crippen LogP contribution in [0.2, 0.25) is 0 Å². The predicted octanol–water partition coefficient (Wildman–Crippen LogP) is 23.1. The van der Waals surface area contributed by atoms with E-state index < -0.39 is 0 Å². The molecular weight excluding hydrogens is 1050 g/mol. The smallest absolute Gasteiger partial charge is 0.124 e. The van der Waals surface area contributed by atoms with Crippen LogP contribution in [0.5, 0.6) is 0 Å². The lowest BCUT2D eigenvalue weighted by Crippen LogP contribution is -2.17. The minimum Gasteiger partial charge on any atom is -0.308 e. The van der Waals surface area contributed by atoms with E-state index in [2.05, 4.69) is 219 Å². The first kappa shape index (κ1) is 51.2. The van der Waals surface area contributed by atoms with Crippen LogP contribution >= 0.6 is 0 Å². The molecule has 0 aromatic heterocycles. The average molecular weight is 1110 g/mol. The third kappa shape index (κ3) is 7.75. The maximum atomic E-state index is 16.8. The fourth-order valence-electron chi connectivity index (χ4n) is 14.8. The molecular formula is C82H58F2N2. The molecule has 0 saturated carbocycles. The van der Waals surface area contributed by atoms with E-state index in [4.69, 9.17) is 0 Å². The fourth-order valence-corrected chi connectivity index (χ4v) is 14.8. The largest absolute Gasteiger partial charge is 0.308 e. The number of hydrogen-bond acceptors (Lipinski definition) is 2. The normalized spacial score (nSPS) is 13.4. The third-order valence-corrected chi connectivity index (χ3v) is 18.7. The van der Waals surface area contributed by atoms with Gasteiger partial charge in [-0.25, -0.2) is 8.78 Å². The van der Waals surface area contributed by atoms with Gasteiger partial charge >= 0.3 is 0 Å². The Balaban J connectivity index is 1.04. The van der Waals surface area contributed by atoms with Gasteiger partial charge in [-0.05, 0) is 126 Å². The van der Waals surface area contributed by atoms with E-state index in [-0.39, 0.29) is 22.5 Å². The standard InChI is InChI=1S/C82H58F2N2/c1-81(2)67-33-19-17-31-59(67)77-69(81)35-21-37-73(77)85(79-63(51-23-9-5-10-24-51)47-57(83)48-64(79)52-25-11-6-12-26-52)71-45-41-55-40-44-62-72(46-42-56-39-43-61(71)75(55)76(56)62)86(74-38-22-36-70-78(74)60-32-18-20-34-68(60)82(70,3)4)80-65(53-27-13-7-14-28-53)49-58(84)50-66(80)54-29-15-8-16-30-54/h5-50H,1-4H3. The summed E-state index contributed by atoms with van der Waals surface area (Å²) in [6.45, 7) is 9.30. The van der Waals surface area contributed by atoms with Crippen molar-refractivity contribution in [2.24, 2.45) is 0 Å². The monoisotopic (exact) mass is 1110 g/mol. The zero-order valence-corrected chi connectivity index (χ0v) is 48.2. The summed E-state index contributed by atoms with van der Waals surface area (Å²) in [5.74, 6) is -0.626. The highest BCUT2D eigenvalue weighted by molar-refractivity contribution is 6.29. The van der Waals surface area contributed by atoms with Gasteiger partial charge in [0.15, 0.2) is 0 Å². The minimum atomic E-state index is -0.313. The number of halogens is 2. The summed E-state index contributed by atoms with van der Waals surface area (Å²) >= 11 is 0. The number of hydrogen-bond donors (Lipinski definition) is 0. The molecule has 0 aliphatic heterocycles. The van der Waals surface area contributed by atoms with E-state index in [1.807, 2.05) is 72.8 Å². The summed E-state index contributed by atoms with van der Waals surface area (Å²) in [7, 11) is 0. The van der Waals surface area contributed by atoms with Crippen molar-refractivity contribution in [3.05, 3.63) is 313 Å². The Morgan fingerprint density at radius 2 is 0.570 bits per heavy atom. The van der Waals surface area contributed by atoms with Crippen LogP contribution in [0, 0.1) is 11.6 Å². The van der Waals surface area contributed by atoms with Crippen LogP contribution in [-0.4, -0.2) is 0 Å². The van der Waals surface area contributed by atoms with Gasteiger partial charge in [0.05, 0.1) is 34.1 Å². The molecule has 0 N–H and O–H groups in total. The number of nitrogens with zero attached hydrogens (tertiary/aromatic N) is 2. The highest BCUT2D eigenvalue weighted by atomic mass is 19.1. The number of benzene rings is 14. The summed E-state index contributed by atoms with van der Waals surface area (Å²) < 4.78 is 33.7. The molecule has 0 radical (unpaired) electrons. The fraction of sp³-hybridized carbons (Fsp3) is 0.0732. The van der Waals surface area contributed by atoms with Gasteiger partial charge in [0.25, 0.3) is 0 Å². The molecule has 16 rings (SSSR count). The minimum absolute atomic E-state index is 0.298. The predicted molar refractivity (Wildman–Crippen MR) is 356 cm³/mol. The zero-order valence-electron chi connectivity index (χ0n) is 48.2. The molecule has 86 heavy (non-hydrogen) atoms. The van der Waals surface area contributed by atoms with Gasteiger partial charge in [0.2, 0.25) is 0 Å². The quantitative estimate of drug-likeness (QED) is 0.126. The molecule has 0 unspecified atom stereocenters. The van der Waals surface area contributed by atoms with Crippen LogP contribution in [0.15, 0.2) is 279 Å². The van der Waals surface area contributed by atoms with Crippen LogP contribution in [0.4, 0.5) is 42.9 Å². The van der Waals surface area contributed by atoms with Crippen molar-refractivity contribution in [3.63, 3.8) is 0 Å². The summed E-state index contributed by atoms with van der Waals surface area (Å²) in [5, 5.41) is 6.49. The Morgan fingerprint density at radius 1 is 0.267 bits per heavy atom. The summed E-state index contributed by atoms with van der Waals surface area (Å²) in [4.78, 5) is 4.90. The molecule has 2 aliphatic carbocycles. The Bertz CT molecular complexity index is 4570. The van der Waals surface area contributed by atoms with Crippen molar-refractivity contribution in [2.75, 3.05) is 9.80 Å². The topological polar surface area (TPSA) is 6.48 Å². The lowest BCUT2D eigenvalue weighted by molar-refractivity contribution is 0.628. The molecule has 0 bridgehead atoms. The van der Waals surface area contributed by atoms with Crippen LogP contribution in [-0.2, 0) is 10.8 Å². The maximum absolute atomic E-state index is 16.8. The molecule has 0 heterocycles. The molecule has 14 aromatic carbocycles. The van der Waals surface area contributed by atoms with Crippen molar-refractivity contribution < 1.29 is 8.78 Å². The van der Waals surface area contributed by atoms with Crippen molar-refractivity contribution in [1.29, 1.82) is 0 Å². The summed E-state index contributed by atoms with van der Waals surface area (Å²) in [6, 6.07) is 97.3. The Hall–Kier alpha value is -10.4. The number of rotatable bonds is 10. The van der Waals surface area contributed by atoms with E-state index in [0.717, 1.165) is 122 Å². The lowest BCUT2D eigenvalue weighted by Gasteiger charge is -2.34. The SMILES string of the molecule is CC1(C)c2ccccc2-c2c(N(c3c(-c4ccccc4)cc(F)cc3-c3ccccc3)c3ccc4ccc5c(N(c6cccc7c6-c6ccccc6C7(C)C)c6c(-c7ccccc7)cc(F)cc6-c6ccccc6)ccc6ccc3c4c65)cccc21. The lowest BCUT2D eigenvalue weighted by atomic mass is 9.82. The highest BCUT2D eigenvalue weighted by Crippen LogP contribution is 2.60. The first-order valence-corrected chi connectivity index (χ1v) is 29.7. The molecule has 0 amide bonds. The van der Waals surface area contributed by atoms with Gasteiger partial charge in [-0.15, -0.1) is 0 Å².